The Labute approximate surface area is 156 Å². The molecule has 0 aromatic heterocycles. The Morgan fingerprint density at radius 3 is 2.50 bits per heavy atom. The van der Waals surface area contributed by atoms with Crippen molar-refractivity contribution in [1.82, 2.24) is 9.80 Å². The molecular formula is C21H30N2O3. The third-order valence-corrected chi connectivity index (χ3v) is 6.07. The van der Waals surface area contributed by atoms with Crippen molar-refractivity contribution in [2.75, 3.05) is 26.2 Å². The number of carbonyl (C=O) groups excluding carboxylic acids is 1. The summed E-state index contributed by atoms with van der Waals surface area (Å²) >= 11 is 0. The number of carboxylic acid groups (broad SMARTS) is 1. The van der Waals surface area contributed by atoms with Crippen molar-refractivity contribution < 1.29 is 14.7 Å². The van der Waals surface area contributed by atoms with Gasteiger partial charge in [0.2, 0.25) is 5.91 Å². The molecule has 0 aliphatic carbocycles. The maximum atomic E-state index is 11.9. The lowest BCUT2D eigenvalue weighted by Gasteiger charge is -2.36. The van der Waals surface area contributed by atoms with Gasteiger partial charge in [0.1, 0.15) is 6.04 Å². The molecule has 1 aromatic rings. The Morgan fingerprint density at radius 2 is 1.92 bits per heavy atom. The van der Waals surface area contributed by atoms with Crippen LogP contribution in [0.3, 0.4) is 0 Å². The fourth-order valence-electron chi connectivity index (χ4n) is 4.22. The number of carbonyl (C=O) groups is 2. The van der Waals surface area contributed by atoms with Gasteiger partial charge in [0, 0.05) is 19.5 Å². The van der Waals surface area contributed by atoms with Gasteiger partial charge in [0.25, 0.3) is 0 Å². The minimum Gasteiger partial charge on any atom is -0.480 e. The van der Waals surface area contributed by atoms with Crippen LogP contribution in [0.2, 0.25) is 0 Å². The first-order chi connectivity index (χ1) is 12.5. The highest BCUT2D eigenvalue weighted by atomic mass is 16.4. The molecule has 0 spiro atoms. The predicted octanol–water partition coefficient (Wildman–Crippen LogP) is 3.15. The van der Waals surface area contributed by atoms with Gasteiger partial charge in [-0.2, -0.15) is 0 Å². The van der Waals surface area contributed by atoms with Crippen molar-refractivity contribution in [3.63, 3.8) is 0 Å². The van der Waals surface area contributed by atoms with E-state index >= 15 is 0 Å². The lowest BCUT2D eigenvalue weighted by molar-refractivity contribution is -0.144. The van der Waals surface area contributed by atoms with E-state index in [9.17, 15) is 14.7 Å². The SMILES string of the molecule is Cc1ccc(C(C(=O)O)N2CCC(CCN3CCCC3=O)CC2)cc1C. The Balaban J connectivity index is 1.57. The molecule has 142 valence electrons. The van der Waals surface area contributed by atoms with Gasteiger partial charge in [-0.25, -0.2) is 0 Å². The third-order valence-electron chi connectivity index (χ3n) is 6.07. The average molecular weight is 358 g/mol. The summed E-state index contributed by atoms with van der Waals surface area (Å²) < 4.78 is 0. The molecule has 2 aliphatic rings. The highest BCUT2D eigenvalue weighted by molar-refractivity contribution is 5.78. The first kappa shape index (κ1) is 18.9. The van der Waals surface area contributed by atoms with Gasteiger partial charge in [0.05, 0.1) is 0 Å². The van der Waals surface area contributed by atoms with Gasteiger partial charge in [-0.3, -0.25) is 14.5 Å². The van der Waals surface area contributed by atoms with E-state index in [4.69, 9.17) is 0 Å². The molecule has 2 fully saturated rings. The maximum absolute atomic E-state index is 11.9. The molecule has 1 N–H and O–H groups in total. The number of hydrogen-bond donors (Lipinski definition) is 1. The predicted molar refractivity (Wildman–Crippen MR) is 101 cm³/mol. The first-order valence-corrected chi connectivity index (χ1v) is 9.77. The van der Waals surface area contributed by atoms with Gasteiger partial charge in [0.15, 0.2) is 0 Å². The van der Waals surface area contributed by atoms with Crippen molar-refractivity contribution >= 4 is 11.9 Å². The molecule has 5 nitrogen and oxygen atoms in total. The summed E-state index contributed by atoms with van der Waals surface area (Å²) in [5, 5.41) is 9.80. The van der Waals surface area contributed by atoms with Crippen molar-refractivity contribution in [1.29, 1.82) is 0 Å². The average Bonchev–Trinajstić information content (AvgIpc) is 3.02. The number of benzene rings is 1. The van der Waals surface area contributed by atoms with Gasteiger partial charge in [-0.1, -0.05) is 18.2 Å². The fraction of sp³-hybridized carbons (Fsp3) is 0.619. The Morgan fingerprint density at radius 1 is 1.19 bits per heavy atom. The van der Waals surface area contributed by atoms with E-state index in [1.807, 2.05) is 36.9 Å². The summed E-state index contributed by atoms with van der Waals surface area (Å²) in [6, 6.07) is 5.42. The second-order valence-electron chi connectivity index (χ2n) is 7.84. The number of nitrogens with zero attached hydrogens (tertiary/aromatic N) is 2. The normalized spacial score (nSPS) is 20.5. The Hall–Kier alpha value is -1.88. The monoisotopic (exact) mass is 358 g/mol. The number of amides is 1. The largest absolute Gasteiger partial charge is 0.480 e. The van der Waals surface area contributed by atoms with Gasteiger partial charge < -0.3 is 10.0 Å². The van der Waals surface area contributed by atoms with Crippen LogP contribution in [0.1, 0.15) is 54.8 Å². The second-order valence-corrected chi connectivity index (χ2v) is 7.84. The minimum absolute atomic E-state index is 0.295. The molecule has 1 unspecified atom stereocenters. The summed E-state index contributed by atoms with van der Waals surface area (Å²) in [7, 11) is 0. The van der Waals surface area contributed by atoms with E-state index in [1.54, 1.807) is 0 Å². The maximum Gasteiger partial charge on any atom is 0.325 e. The standard InChI is InChI=1S/C21H30N2O3/c1-15-5-6-18(14-16(15)2)20(21(25)26)23-12-8-17(9-13-23)7-11-22-10-3-4-19(22)24/h5-6,14,17,20H,3-4,7-13H2,1-2H3,(H,25,26). The summed E-state index contributed by atoms with van der Waals surface area (Å²) in [5.41, 5.74) is 3.20. The quantitative estimate of drug-likeness (QED) is 0.849. The number of carboxylic acids is 1. The van der Waals surface area contributed by atoms with E-state index in [1.165, 1.54) is 5.56 Å². The molecule has 1 amide bonds. The molecule has 1 atom stereocenters. The minimum atomic E-state index is -0.769. The van der Waals surface area contributed by atoms with Gasteiger partial charge in [-0.05, 0) is 75.2 Å². The molecule has 5 heteroatoms. The second kappa shape index (κ2) is 8.21. The van der Waals surface area contributed by atoms with Crippen molar-refractivity contribution in [3.8, 4) is 0 Å². The zero-order valence-corrected chi connectivity index (χ0v) is 15.9. The molecule has 26 heavy (non-hydrogen) atoms. The van der Waals surface area contributed by atoms with Crippen LogP contribution in [0.15, 0.2) is 18.2 Å². The Kier molecular flexibility index (Phi) is 5.97. The number of rotatable bonds is 6. The van der Waals surface area contributed by atoms with E-state index in [-0.39, 0.29) is 0 Å². The number of aliphatic carboxylic acids is 1. The smallest absolute Gasteiger partial charge is 0.325 e. The van der Waals surface area contributed by atoms with Crippen LogP contribution in [0.4, 0.5) is 0 Å². The summed E-state index contributed by atoms with van der Waals surface area (Å²) in [6.45, 7) is 7.47. The topological polar surface area (TPSA) is 60.9 Å². The van der Waals surface area contributed by atoms with E-state index in [0.29, 0.717) is 18.2 Å². The highest BCUT2D eigenvalue weighted by Gasteiger charge is 2.31. The van der Waals surface area contributed by atoms with Crippen LogP contribution >= 0.6 is 0 Å². The lowest BCUT2D eigenvalue weighted by atomic mass is 9.91. The van der Waals surface area contributed by atoms with Crippen LogP contribution < -0.4 is 0 Å². The summed E-state index contributed by atoms with van der Waals surface area (Å²) in [5.74, 6) is 0.117. The van der Waals surface area contributed by atoms with E-state index in [0.717, 1.165) is 63.0 Å². The summed E-state index contributed by atoms with van der Waals surface area (Å²) in [4.78, 5) is 27.7. The van der Waals surface area contributed by atoms with E-state index in [2.05, 4.69) is 4.90 Å². The Bertz CT molecular complexity index is 665. The van der Waals surface area contributed by atoms with Crippen LogP contribution in [-0.4, -0.2) is 53.0 Å². The van der Waals surface area contributed by atoms with Crippen LogP contribution in [0, 0.1) is 19.8 Å². The molecule has 2 saturated heterocycles. The molecular weight excluding hydrogens is 328 g/mol. The van der Waals surface area contributed by atoms with Gasteiger partial charge in [-0.15, -0.1) is 0 Å². The molecule has 0 saturated carbocycles. The number of aryl methyl sites for hydroxylation is 2. The fourth-order valence-corrected chi connectivity index (χ4v) is 4.22. The molecule has 2 heterocycles. The third kappa shape index (κ3) is 4.26. The number of piperidine rings is 1. The van der Waals surface area contributed by atoms with Crippen LogP contribution in [0.25, 0.3) is 0 Å². The molecule has 1 aromatic carbocycles. The van der Waals surface area contributed by atoms with E-state index < -0.39 is 12.0 Å². The van der Waals surface area contributed by atoms with Gasteiger partial charge >= 0.3 is 5.97 Å². The summed E-state index contributed by atoms with van der Waals surface area (Å²) in [6.07, 6.45) is 4.76. The van der Waals surface area contributed by atoms with Crippen LogP contribution in [0.5, 0.6) is 0 Å². The van der Waals surface area contributed by atoms with Crippen LogP contribution in [-0.2, 0) is 9.59 Å². The van der Waals surface area contributed by atoms with Crippen molar-refractivity contribution in [3.05, 3.63) is 34.9 Å². The highest BCUT2D eigenvalue weighted by Crippen LogP contribution is 2.30. The number of likely N-dealkylation sites (tertiary alicyclic amines) is 2. The molecule has 2 aliphatic heterocycles. The molecule has 3 rings (SSSR count). The number of hydrogen-bond acceptors (Lipinski definition) is 3. The first-order valence-electron chi connectivity index (χ1n) is 9.77. The molecule has 0 radical (unpaired) electrons. The lowest BCUT2D eigenvalue weighted by Crippen LogP contribution is -2.40. The zero-order valence-electron chi connectivity index (χ0n) is 15.9. The zero-order chi connectivity index (χ0) is 18.7. The van der Waals surface area contributed by atoms with Crippen molar-refractivity contribution in [2.45, 2.75) is 52.0 Å². The van der Waals surface area contributed by atoms with Crippen molar-refractivity contribution in [2.24, 2.45) is 5.92 Å². The molecule has 0 bridgehead atoms.